The van der Waals surface area contributed by atoms with Crippen molar-refractivity contribution in [2.24, 2.45) is 0 Å². The molecule has 0 aliphatic carbocycles. The van der Waals surface area contributed by atoms with Crippen molar-refractivity contribution in [3.8, 4) is 0 Å². The molecular weight excluding hydrogens is 323 g/mol. The first-order valence-electron chi connectivity index (χ1n) is 6.10. The molecule has 3 N–H and O–H groups in total. The summed E-state index contributed by atoms with van der Waals surface area (Å²) in [6, 6.07) is 2.69. The standard InChI is InChI=1S/C12H16Cl2N2O3S/c1-12(17)3-2-4-16(7-12)20(18,19)11-9(14)5-8(13)6-10(11)15/h5-6,17H,2-4,7,15H2,1H3. The van der Waals surface area contributed by atoms with Gasteiger partial charge in [0.05, 0.1) is 16.3 Å². The summed E-state index contributed by atoms with van der Waals surface area (Å²) in [6.07, 6.45) is 1.14. The van der Waals surface area contributed by atoms with Crippen molar-refractivity contribution in [3.63, 3.8) is 0 Å². The number of sulfonamides is 1. The third-order valence-corrected chi connectivity index (χ3v) is 5.87. The van der Waals surface area contributed by atoms with Crippen LogP contribution in [0.3, 0.4) is 0 Å². The molecule has 1 aromatic rings. The molecule has 0 bridgehead atoms. The van der Waals surface area contributed by atoms with Crippen LogP contribution in [0.25, 0.3) is 0 Å². The van der Waals surface area contributed by atoms with Gasteiger partial charge in [-0.2, -0.15) is 4.31 Å². The summed E-state index contributed by atoms with van der Waals surface area (Å²) in [6.45, 7) is 1.96. The van der Waals surface area contributed by atoms with E-state index in [1.807, 2.05) is 0 Å². The van der Waals surface area contributed by atoms with Crippen LogP contribution in [-0.2, 0) is 10.0 Å². The molecule has 1 unspecified atom stereocenters. The van der Waals surface area contributed by atoms with E-state index in [-0.39, 0.29) is 27.2 Å². The molecule has 1 aromatic carbocycles. The van der Waals surface area contributed by atoms with Crippen molar-refractivity contribution in [2.45, 2.75) is 30.3 Å². The Labute approximate surface area is 128 Å². The molecule has 8 heteroatoms. The van der Waals surface area contributed by atoms with Crippen molar-refractivity contribution in [1.29, 1.82) is 0 Å². The maximum absolute atomic E-state index is 12.6. The summed E-state index contributed by atoms with van der Waals surface area (Å²) in [5, 5.41) is 10.3. The van der Waals surface area contributed by atoms with Crippen LogP contribution in [0.15, 0.2) is 17.0 Å². The number of hydrogen-bond donors (Lipinski definition) is 2. The average Bonchev–Trinajstić information content (AvgIpc) is 2.25. The van der Waals surface area contributed by atoms with E-state index in [0.29, 0.717) is 19.4 Å². The first-order chi connectivity index (χ1) is 9.13. The number of β-amino-alcohol motifs (C(OH)–C–C–N with tert-alkyl or cyclic N) is 1. The molecule has 1 atom stereocenters. The van der Waals surface area contributed by atoms with E-state index in [1.54, 1.807) is 6.92 Å². The van der Waals surface area contributed by atoms with Crippen molar-refractivity contribution < 1.29 is 13.5 Å². The first-order valence-corrected chi connectivity index (χ1v) is 8.30. The molecule has 2 rings (SSSR count). The van der Waals surface area contributed by atoms with Gasteiger partial charge in [0.25, 0.3) is 0 Å². The van der Waals surface area contributed by atoms with Gasteiger partial charge in [0.15, 0.2) is 0 Å². The van der Waals surface area contributed by atoms with Crippen LogP contribution >= 0.6 is 23.2 Å². The van der Waals surface area contributed by atoms with Crippen LogP contribution in [-0.4, -0.2) is 36.5 Å². The Morgan fingerprint density at radius 3 is 2.60 bits per heavy atom. The Hall–Kier alpha value is -0.530. The Morgan fingerprint density at radius 1 is 1.40 bits per heavy atom. The average molecular weight is 339 g/mol. The van der Waals surface area contributed by atoms with Crippen LogP contribution in [0.4, 0.5) is 5.69 Å². The van der Waals surface area contributed by atoms with Gasteiger partial charge < -0.3 is 10.8 Å². The summed E-state index contributed by atoms with van der Waals surface area (Å²) < 4.78 is 26.5. The third-order valence-electron chi connectivity index (χ3n) is 3.27. The van der Waals surface area contributed by atoms with E-state index in [9.17, 15) is 13.5 Å². The van der Waals surface area contributed by atoms with Crippen LogP contribution in [0, 0.1) is 0 Å². The van der Waals surface area contributed by atoms with Crippen LogP contribution in [0.1, 0.15) is 19.8 Å². The molecule has 5 nitrogen and oxygen atoms in total. The van der Waals surface area contributed by atoms with Crippen molar-refractivity contribution in [2.75, 3.05) is 18.8 Å². The predicted molar refractivity (Wildman–Crippen MR) is 79.5 cm³/mol. The largest absolute Gasteiger partial charge is 0.398 e. The van der Waals surface area contributed by atoms with Gasteiger partial charge in [-0.15, -0.1) is 0 Å². The summed E-state index contributed by atoms with van der Waals surface area (Å²) in [5.74, 6) is 0. The second-order valence-corrected chi connectivity index (χ2v) is 7.96. The summed E-state index contributed by atoms with van der Waals surface area (Å²) in [5.41, 5.74) is 4.71. The summed E-state index contributed by atoms with van der Waals surface area (Å²) in [4.78, 5) is -0.152. The van der Waals surface area contributed by atoms with E-state index in [0.717, 1.165) is 0 Å². The second-order valence-electron chi connectivity index (χ2n) is 5.25. The fourth-order valence-electron chi connectivity index (χ4n) is 2.36. The lowest BCUT2D eigenvalue weighted by atomic mass is 9.97. The fourth-order valence-corrected chi connectivity index (χ4v) is 4.90. The second kappa shape index (κ2) is 5.35. The number of nitrogens with two attached hydrogens (primary N) is 1. The van der Waals surface area contributed by atoms with Gasteiger partial charge >= 0.3 is 0 Å². The topological polar surface area (TPSA) is 83.6 Å². The van der Waals surface area contributed by atoms with Gasteiger partial charge in [-0.3, -0.25) is 0 Å². The molecule has 1 heterocycles. The zero-order valence-electron chi connectivity index (χ0n) is 10.9. The smallest absolute Gasteiger partial charge is 0.246 e. The van der Waals surface area contributed by atoms with E-state index < -0.39 is 15.6 Å². The quantitative estimate of drug-likeness (QED) is 0.809. The maximum Gasteiger partial charge on any atom is 0.246 e. The minimum Gasteiger partial charge on any atom is -0.398 e. The third kappa shape index (κ3) is 3.04. The molecular formula is C12H16Cl2N2O3S. The number of halogens is 2. The first kappa shape index (κ1) is 15.9. The normalized spacial score (nSPS) is 24.8. The van der Waals surface area contributed by atoms with Crippen LogP contribution in [0.5, 0.6) is 0 Å². The van der Waals surface area contributed by atoms with Gasteiger partial charge in [-0.25, -0.2) is 8.42 Å². The number of rotatable bonds is 2. The number of nitrogens with zero attached hydrogens (tertiary/aromatic N) is 1. The molecule has 1 saturated heterocycles. The van der Waals surface area contributed by atoms with Gasteiger partial charge in [0, 0.05) is 18.1 Å². The van der Waals surface area contributed by atoms with Crippen LogP contribution in [0.2, 0.25) is 10.0 Å². The van der Waals surface area contributed by atoms with Gasteiger partial charge in [0.1, 0.15) is 4.90 Å². The van der Waals surface area contributed by atoms with E-state index in [4.69, 9.17) is 28.9 Å². The van der Waals surface area contributed by atoms with Gasteiger partial charge in [0.2, 0.25) is 10.0 Å². The lowest BCUT2D eigenvalue weighted by Gasteiger charge is -2.36. The Bertz CT molecular complexity index is 609. The summed E-state index contributed by atoms with van der Waals surface area (Å²) >= 11 is 11.8. The highest BCUT2D eigenvalue weighted by molar-refractivity contribution is 7.89. The number of aliphatic hydroxyl groups is 1. The molecule has 0 radical (unpaired) electrons. The van der Waals surface area contributed by atoms with Crippen molar-refractivity contribution >= 4 is 38.9 Å². The molecule has 1 aliphatic heterocycles. The zero-order chi connectivity index (χ0) is 15.1. The highest BCUT2D eigenvalue weighted by atomic mass is 35.5. The number of nitrogen functional groups attached to an aromatic ring is 1. The van der Waals surface area contributed by atoms with Gasteiger partial charge in [-0.1, -0.05) is 23.2 Å². The molecule has 0 saturated carbocycles. The summed E-state index contributed by atoms with van der Waals surface area (Å²) in [7, 11) is -3.85. The number of hydrogen-bond acceptors (Lipinski definition) is 4. The number of piperidine rings is 1. The molecule has 1 fully saturated rings. The predicted octanol–water partition coefficient (Wildman–Crippen LogP) is 2.11. The van der Waals surface area contributed by atoms with E-state index in [1.165, 1.54) is 16.4 Å². The molecule has 1 aliphatic rings. The molecule has 0 aromatic heterocycles. The number of anilines is 1. The lowest BCUT2D eigenvalue weighted by Crippen LogP contribution is -2.48. The molecule has 112 valence electrons. The fraction of sp³-hybridized carbons (Fsp3) is 0.500. The van der Waals surface area contributed by atoms with Gasteiger partial charge in [-0.05, 0) is 31.9 Å². The molecule has 20 heavy (non-hydrogen) atoms. The number of benzene rings is 1. The Kier molecular flexibility index (Phi) is 4.24. The molecule has 0 spiro atoms. The maximum atomic E-state index is 12.6. The highest BCUT2D eigenvalue weighted by Crippen LogP contribution is 2.35. The van der Waals surface area contributed by atoms with Crippen LogP contribution < -0.4 is 5.73 Å². The Morgan fingerprint density at radius 2 is 2.05 bits per heavy atom. The minimum atomic E-state index is -3.85. The SMILES string of the molecule is CC1(O)CCCN(S(=O)(=O)c2c(N)cc(Cl)cc2Cl)C1. The van der Waals surface area contributed by atoms with Crippen molar-refractivity contribution in [3.05, 3.63) is 22.2 Å². The lowest BCUT2D eigenvalue weighted by molar-refractivity contribution is 0.00941. The molecule has 0 amide bonds. The van der Waals surface area contributed by atoms with E-state index >= 15 is 0 Å². The minimum absolute atomic E-state index is 0.00714. The zero-order valence-corrected chi connectivity index (χ0v) is 13.3. The van der Waals surface area contributed by atoms with E-state index in [2.05, 4.69) is 0 Å². The van der Waals surface area contributed by atoms with Crippen molar-refractivity contribution in [1.82, 2.24) is 4.31 Å². The monoisotopic (exact) mass is 338 g/mol. The Balaban J connectivity index is 2.46. The highest BCUT2D eigenvalue weighted by Gasteiger charge is 2.37.